The summed E-state index contributed by atoms with van der Waals surface area (Å²) in [7, 11) is 1.56. The lowest BCUT2D eigenvalue weighted by molar-refractivity contribution is 0.250. The Labute approximate surface area is 89.5 Å². The molecule has 4 heteroatoms. The Morgan fingerprint density at radius 2 is 2.20 bits per heavy atom. The molecule has 1 atom stereocenters. The number of phenolic OH excluding ortho intramolecular Hbond substituents is 1. The summed E-state index contributed by atoms with van der Waals surface area (Å²) in [5.41, 5.74) is 0.788. The minimum absolute atomic E-state index is 0.0199. The van der Waals surface area contributed by atoms with E-state index < -0.39 is 0 Å². The Morgan fingerprint density at radius 1 is 1.47 bits per heavy atom. The van der Waals surface area contributed by atoms with Crippen LogP contribution < -0.4 is 10.1 Å². The third kappa shape index (κ3) is 3.42. The van der Waals surface area contributed by atoms with E-state index in [0.717, 1.165) is 5.56 Å². The quantitative estimate of drug-likeness (QED) is 0.676. The van der Waals surface area contributed by atoms with Crippen molar-refractivity contribution in [1.29, 1.82) is 0 Å². The van der Waals surface area contributed by atoms with Gasteiger partial charge in [-0.2, -0.15) is 0 Å². The van der Waals surface area contributed by atoms with Gasteiger partial charge in [-0.15, -0.1) is 0 Å². The van der Waals surface area contributed by atoms with E-state index in [4.69, 9.17) is 9.84 Å². The van der Waals surface area contributed by atoms with Crippen molar-refractivity contribution in [3.8, 4) is 11.5 Å². The van der Waals surface area contributed by atoms with E-state index in [1.54, 1.807) is 25.3 Å². The fraction of sp³-hybridized carbons (Fsp3) is 0.455. The second kappa shape index (κ2) is 5.58. The summed E-state index contributed by atoms with van der Waals surface area (Å²) >= 11 is 0. The fourth-order valence-electron chi connectivity index (χ4n) is 1.17. The van der Waals surface area contributed by atoms with Crippen LogP contribution in [0.25, 0.3) is 0 Å². The molecule has 0 saturated carbocycles. The molecule has 0 aromatic heterocycles. The molecule has 0 heterocycles. The van der Waals surface area contributed by atoms with Crippen LogP contribution in [0.5, 0.6) is 11.5 Å². The highest BCUT2D eigenvalue weighted by Gasteiger charge is 2.04. The Morgan fingerprint density at radius 3 is 2.73 bits per heavy atom. The van der Waals surface area contributed by atoms with Gasteiger partial charge < -0.3 is 20.3 Å². The minimum atomic E-state index is 0.0199. The van der Waals surface area contributed by atoms with Gasteiger partial charge in [-0.1, -0.05) is 6.07 Å². The largest absolute Gasteiger partial charge is 0.507 e. The maximum absolute atomic E-state index is 9.63. The maximum atomic E-state index is 9.63. The molecule has 0 radical (unpaired) electrons. The molecule has 0 aliphatic heterocycles. The van der Waals surface area contributed by atoms with Crippen LogP contribution in [0.2, 0.25) is 0 Å². The molecule has 84 valence electrons. The van der Waals surface area contributed by atoms with Crippen LogP contribution in [0.15, 0.2) is 18.2 Å². The van der Waals surface area contributed by atoms with Crippen molar-refractivity contribution in [2.75, 3.05) is 13.7 Å². The molecule has 4 nitrogen and oxygen atoms in total. The molecule has 15 heavy (non-hydrogen) atoms. The number of rotatable bonds is 5. The van der Waals surface area contributed by atoms with E-state index in [9.17, 15) is 5.11 Å². The second-order valence-corrected chi connectivity index (χ2v) is 3.46. The Balaban J connectivity index is 2.62. The monoisotopic (exact) mass is 211 g/mol. The van der Waals surface area contributed by atoms with E-state index in [1.165, 1.54) is 0 Å². The van der Waals surface area contributed by atoms with Gasteiger partial charge in [0, 0.05) is 24.2 Å². The molecule has 0 aliphatic rings. The van der Waals surface area contributed by atoms with Crippen molar-refractivity contribution in [1.82, 2.24) is 5.32 Å². The molecule has 0 amide bonds. The van der Waals surface area contributed by atoms with Gasteiger partial charge in [-0.25, -0.2) is 0 Å². The number of hydrogen-bond donors (Lipinski definition) is 3. The summed E-state index contributed by atoms with van der Waals surface area (Å²) < 4.78 is 4.98. The van der Waals surface area contributed by atoms with E-state index >= 15 is 0 Å². The van der Waals surface area contributed by atoms with E-state index in [2.05, 4.69) is 5.32 Å². The average molecular weight is 211 g/mol. The van der Waals surface area contributed by atoms with Crippen molar-refractivity contribution in [3.63, 3.8) is 0 Å². The summed E-state index contributed by atoms with van der Waals surface area (Å²) in [5, 5.41) is 21.5. The SMILES string of the molecule is COc1ccc(CN[C@@H](C)CO)c(O)c1. The summed E-state index contributed by atoms with van der Waals surface area (Å²) in [5.74, 6) is 0.832. The first-order valence-electron chi connectivity index (χ1n) is 4.87. The van der Waals surface area contributed by atoms with E-state index in [1.807, 2.05) is 6.92 Å². The summed E-state index contributed by atoms with van der Waals surface area (Å²) in [6.07, 6.45) is 0. The van der Waals surface area contributed by atoms with Crippen molar-refractivity contribution in [2.45, 2.75) is 19.5 Å². The third-order valence-electron chi connectivity index (χ3n) is 2.21. The molecule has 0 aliphatic carbocycles. The first-order chi connectivity index (χ1) is 7.17. The molecule has 1 rings (SSSR count). The lowest BCUT2D eigenvalue weighted by atomic mass is 10.2. The van der Waals surface area contributed by atoms with Crippen LogP contribution in [-0.2, 0) is 6.54 Å². The fourth-order valence-corrected chi connectivity index (χ4v) is 1.17. The van der Waals surface area contributed by atoms with Gasteiger partial charge in [0.25, 0.3) is 0 Å². The standard InChI is InChI=1S/C11H17NO3/c1-8(7-13)12-6-9-3-4-10(15-2)5-11(9)14/h3-5,8,12-14H,6-7H2,1-2H3/t8-/m0/s1. The molecule has 0 unspecified atom stereocenters. The van der Waals surface area contributed by atoms with Crippen LogP contribution in [0.3, 0.4) is 0 Å². The van der Waals surface area contributed by atoms with E-state index in [-0.39, 0.29) is 18.4 Å². The van der Waals surface area contributed by atoms with Crippen LogP contribution in [-0.4, -0.2) is 30.0 Å². The number of benzene rings is 1. The predicted molar refractivity (Wildman–Crippen MR) is 58.0 cm³/mol. The minimum Gasteiger partial charge on any atom is -0.507 e. The molecular weight excluding hydrogens is 194 g/mol. The number of hydrogen-bond acceptors (Lipinski definition) is 4. The molecule has 0 spiro atoms. The lowest BCUT2D eigenvalue weighted by Crippen LogP contribution is -2.28. The first kappa shape index (κ1) is 11.8. The van der Waals surface area contributed by atoms with Gasteiger partial charge >= 0.3 is 0 Å². The lowest BCUT2D eigenvalue weighted by Gasteiger charge is -2.12. The van der Waals surface area contributed by atoms with Gasteiger partial charge in [-0.3, -0.25) is 0 Å². The smallest absolute Gasteiger partial charge is 0.123 e. The summed E-state index contributed by atoms with van der Waals surface area (Å²) in [6, 6.07) is 5.18. The molecule has 0 saturated heterocycles. The molecule has 1 aromatic carbocycles. The van der Waals surface area contributed by atoms with Crippen LogP contribution in [0.1, 0.15) is 12.5 Å². The predicted octanol–water partition coefficient (Wildman–Crippen LogP) is 0.871. The van der Waals surface area contributed by atoms with Gasteiger partial charge in [-0.05, 0) is 13.0 Å². The van der Waals surface area contributed by atoms with Gasteiger partial charge in [0.15, 0.2) is 0 Å². The van der Waals surface area contributed by atoms with Gasteiger partial charge in [0.2, 0.25) is 0 Å². The van der Waals surface area contributed by atoms with Gasteiger partial charge in [0.1, 0.15) is 11.5 Å². The molecule has 0 fully saturated rings. The Bertz CT molecular complexity index is 315. The Hall–Kier alpha value is -1.26. The van der Waals surface area contributed by atoms with Gasteiger partial charge in [0.05, 0.1) is 13.7 Å². The number of methoxy groups -OCH3 is 1. The van der Waals surface area contributed by atoms with Crippen LogP contribution in [0, 0.1) is 0 Å². The molecular formula is C11H17NO3. The number of ether oxygens (including phenoxy) is 1. The van der Waals surface area contributed by atoms with Crippen molar-refractivity contribution in [2.24, 2.45) is 0 Å². The Kier molecular flexibility index (Phi) is 4.39. The zero-order valence-electron chi connectivity index (χ0n) is 9.03. The first-order valence-corrected chi connectivity index (χ1v) is 4.87. The number of aliphatic hydroxyl groups is 1. The van der Waals surface area contributed by atoms with Crippen molar-refractivity contribution in [3.05, 3.63) is 23.8 Å². The zero-order valence-corrected chi connectivity index (χ0v) is 9.03. The number of nitrogens with one attached hydrogen (secondary N) is 1. The second-order valence-electron chi connectivity index (χ2n) is 3.46. The summed E-state index contributed by atoms with van der Waals surface area (Å²) in [6.45, 7) is 2.48. The molecule has 0 bridgehead atoms. The normalized spacial score (nSPS) is 12.5. The highest BCUT2D eigenvalue weighted by Crippen LogP contribution is 2.23. The highest BCUT2D eigenvalue weighted by molar-refractivity contribution is 5.39. The van der Waals surface area contributed by atoms with Crippen molar-refractivity contribution >= 4 is 0 Å². The number of aromatic hydroxyl groups is 1. The molecule has 1 aromatic rings. The number of phenols is 1. The van der Waals surface area contributed by atoms with Crippen LogP contribution >= 0.6 is 0 Å². The highest BCUT2D eigenvalue weighted by atomic mass is 16.5. The third-order valence-corrected chi connectivity index (χ3v) is 2.21. The number of aliphatic hydroxyl groups excluding tert-OH is 1. The topological polar surface area (TPSA) is 61.7 Å². The van der Waals surface area contributed by atoms with Crippen molar-refractivity contribution < 1.29 is 14.9 Å². The van der Waals surface area contributed by atoms with E-state index in [0.29, 0.717) is 12.3 Å². The average Bonchev–Trinajstić information content (AvgIpc) is 2.26. The molecule has 3 N–H and O–H groups in total. The summed E-state index contributed by atoms with van der Waals surface area (Å²) in [4.78, 5) is 0. The zero-order chi connectivity index (χ0) is 11.3. The van der Waals surface area contributed by atoms with Crippen LogP contribution in [0.4, 0.5) is 0 Å². The maximum Gasteiger partial charge on any atom is 0.123 e.